The highest BCUT2D eigenvalue weighted by molar-refractivity contribution is 6.33. The fourth-order valence-corrected chi connectivity index (χ4v) is 2.42. The molecule has 0 radical (unpaired) electrons. The Balaban J connectivity index is 2.06. The fraction of sp³-hybridized carbons (Fsp3) is 0.538. The Kier molecular flexibility index (Phi) is 5.46. The normalized spacial score (nSPS) is 16.4. The van der Waals surface area contributed by atoms with E-state index in [-0.39, 0.29) is 6.61 Å². The first-order chi connectivity index (χ1) is 9.87. The predicted molar refractivity (Wildman–Crippen MR) is 72.5 cm³/mol. The fourth-order valence-electron chi connectivity index (χ4n) is 1.81. The highest BCUT2D eigenvalue weighted by Crippen LogP contribution is 2.39. The molecule has 1 aromatic rings. The van der Waals surface area contributed by atoms with Crippen LogP contribution in [0.5, 0.6) is 11.5 Å². The van der Waals surface area contributed by atoms with Gasteiger partial charge in [0.2, 0.25) is 0 Å². The number of hydrogen-bond donors (Lipinski definition) is 0. The lowest BCUT2D eigenvalue weighted by atomic mass is 10.1. The van der Waals surface area contributed by atoms with Gasteiger partial charge >= 0.3 is 6.18 Å². The molecule has 0 spiro atoms. The van der Waals surface area contributed by atoms with Gasteiger partial charge in [-0.15, -0.1) is 11.6 Å². The van der Waals surface area contributed by atoms with E-state index in [0.717, 1.165) is 6.42 Å². The molecule has 8 heteroatoms. The predicted octanol–water partition coefficient (Wildman–Crippen LogP) is 4.36. The molecule has 2 rings (SSSR count). The van der Waals surface area contributed by atoms with Gasteiger partial charge in [-0.25, -0.2) is 0 Å². The van der Waals surface area contributed by atoms with Crippen LogP contribution in [0.15, 0.2) is 12.1 Å². The zero-order valence-electron chi connectivity index (χ0n) is 10.9. The van der Waals surface area contributed by atoms with Crippen molar-refractivity contribution in [1.82, 2.24) is 0 Å². The maximum atomic E-state index is 12.0. The molecule has 0 N–H and O–H groups in total. The van der Waals surface area contributed by atoms with Gasteiger partial charge < -0.3 is 14.2 Å². The van der Waals surface area contributed by atoms with Crippen LogP contribution in [-0.2, 0) is 4.74 Å². The summed E-state index contributed by atoms with van der Waals surface area (Å²) >= 11 is 12.1. The summed E-state index contributed by atoms with van der Waals surface area (Å²) in [6.07, 6.45) is -3.65. The van der Waals surface area contributed by atoms with Gasteiger partial charge in [0.25, 0.3) is 0 Å². The minimum absolute atomic E-state index is 0.301. The molecule has 1 heterocycles. The summed E-state index contributed by atoms with van der Waals surface area (Å²) in [5.41, 5.74) is 0.449. The van der Waals surface area contributed by atoms with E-state index in [2.05, 4.69) is 4.74 Å². The molecule has 1 atom stereocenters. The van der Waals surface area contributed by atoms with Crippen molar-refractivity contribution in [3.8, 4) is 11.5 Å². The van der Waals surface area contributed by atoms with E-state index >= 15 is 0 Å². The number of fused-ring (bicyclic) bond motifs is 1. The molecule has 0 bridgehead atoms. The first-order valence-electron chi connectivity index (χ1n) is 6.24. The van der Waals surface area contributed by atoms with Crippen molar-refractivity contribution in [3.05, 3.63) is 22.7 Å². The smallest absolute Gasteiger partial charge is 0.411 e. The van der Waals surface area contributed by atoms with Crippen molar-refractivity contribution in [2.45, 2.75) is 18.0 Å². The zero-order chi connectivity index (χ0) is 15.5. The van der Waals surface area contributed by atoms with Crippen LogP contribution < -0.4 is 9.47 Å². The Hall–Kier alpha value is -0.850. The third kappa shape index (κ3) is 4.83. The van der Waals surface area contributed by atoms with E-state index in [1.54, 1.807) is 12.1 Å². The Morgan fingerprint density at radius 3 is 2.43 bits per heavy atom. The Labute approximate surface area is 129 Å². The van der Waals surface area contributed by atoms with Crippen LogP contribution >= 0.6 is 23.2 Å². The number of rotatable bonds is 4. The van der Waals surface area contributed by atoms with Crippen molar-refractivity contribution in [3.63, 3.8) is 0 Å². The van der Waals surface area contributed by atoms with Crippen LogP contribution in [0, 0.1) is 0 Å². The molecule has 0 aliphatic carbocycles. The van der Waals surface area contributed by atoms with E-state index in [0.29, 0.717) is 35.3 Å². The van der Waals surface area contributed by atoms with E-state index < -0.39 is 18.2 Å². The minimum Gasteiger partial charge on any atom is -0.490 e. The molecule has 1 aliphatic rings. The van der Waals surface area contributed by atoms with Crippen LogP contribution in [0.25, 0.3) is 0 Å². The van der Waals surface area contributed by atoms with Gasteiger partial charge in [0, 0.05) is 17.5 Å². The average molecular weight is 345 g/mol. The molecule has 0 aromatic heterocycles. The minimum atomic E-state index is -4.38. The van der Waals surface area contributed by atoms with Gasteiger partial charge in [0.1, 0.15) is 6.61 Å². The highest BCUT2D eigenvalue weighted by Gasteiger charge is 2.28. The van der Waals surface area contributed by atoms with Crippen LogP contribution in [0.2, 0.25) is 5.02 Å². The van der Waals surface area contributed by atoms with Gasteiger partial charge in [0.15, 0.2) is 11.5 Å². The van der Waals surface area contributed by atoms with Crippen LogP contribution in [0.1, 0.15) is 17.4 Å². The maximum absolute atomic E-state index is 12.0. The Bertz CT molecular complexity index is 494. The van der Waals surface area contributed by atoms with E-state index in [9.17, 15) is 13.2 Å². The van der Waals surface area contributed by atoms with Crippen molar-refractivity contribution in [2.75, 3.05) is 26.4 Å². The van der Waals surface area contributed by atoms with Crippen LogP contribution in [-0.4, -0.2) is 32.6 Å². The van der Waals surface area contributed by atoms with E-state index in [4.69, 9.17) is 32.7 Å². The number of hydrogen-bond acceptors (Lipinski definition) is 3. The number of benzene rings is 1. The second kappa shape index (κ2) is 6.94. The van der Waals surface area contributed by atoms with Crippen molar-refractivity contribution in [2.24, 2.45) is 0 Å². The summed E-state index contributed by atoms with van der Waals surface area (Å²) in [4.78, 5) is 0. The van der Waals surface area contributed by atoms with Crippen molar-refractivity contribution in [1.29, 1.82) is 0 Å². The van der Waals surface area contributed by atoms with Gasteiger partial charge in [-0.3, -0.25) is 0 Å². The maximum Gasteiger partial charge on any atom is 0.411 e. The molecule has 1 unspecified atom stereocenters. The first-order valence-corrected chi connectivity index (χ1v) is 7.06. The van der Waals surface area contributed by atoms with Gasteiger partial charge in [-0.2, -0.15) is 13.2 Å². The summed E-state index contributed by atoms with van der Waals surface area (Å²) in [5.74, 6) is 0.981. The third-order valence-electron chi connectivity index (χ3n) is 2.73. The molecule has 118 valence electrons. The number of alkyl halides is 4. The first kappa shape index (κ1) is 16.5. The molecule has 1 aliphatic heterocycles. The molecule has 0 fully saturated rings. The average Bonchev–Trinajstić information content (AvgIpc) is 2.60. The second-order valence-corrected chi connectivity index (χ2v) is 5.40. The third-order valence-corrected chi connectivity index (χ3v) is 3.42. The molecule has 3 nitrogen and oxygen atoms in total. The van der Waals surface area contributed by atoms with Crippen molar-refractivity contribution >= 4 is 23.2 Å². The quantitative estimate of drug-likeness (QED) is 0.759. The summed E-state index contributed by atoms with van der Waals surface area (Å²) < 4.78 is 51.6. The summed E-state index contributed by atoms with van der Waals surface area (Å²) in [5, 5.41) is -0.508. The number of ether oxygens (including phenoxy) is 3. The van der Waals surface area contributed by atoms with Crippen LogP contribution in [0.4, 0.5) is 13.2 Å². The summed E-state index contributed by atoms with van der Waals surface area (Å²) in [6, 6.07) is 3.13. The lowest BCUT2D eigenvalue weighted by Gasteiger charge is -2.16. The molecule has 0 amide bonds. The van der Waals surface area contributed by atoms with E-state index in [1.165, 1.54) is 0 Å². The Morgan fingerprint density at radius 2 is 1.81 bits per heavy atom. The number of halogens is 5. The van der Waals surface area contributed by atoms with Crippen molar-refractivity contribution < 1.29 is 27.4 Å². The monoisotopic (exact) mass is 344 g/mol. The zero-order valence-corrected chi connectivity index (χ0v) is 12.4. The lowest BCUT2D eigenvalue weighted by Crippen LogP contribution is -2.18. The van der Waals surface area contributed by atoms with Gasteiger partial charge in [-0.1, -0.05) is 11.6 Å². The summed E-state index contributed by atoms with van der Waals surface area (Å²) in [6.45, 7) is -0.647. The Morgan fingerprint density at radius 1 is 1.19 bits per heavy atom. The van der Waals surface area contributed by atoms with Crippen LogP contribution in [0.3, 0.4) is 0 Å². The largest absolute Gasteiger partial charge is 0.490 e. The highest BCUT2D eigenvalue weighted by atomic mass is 35.5. The van der Waals surface area contributed by atoms with Gasteiger partial charge in [0.05, 0.1) is 25.2 Å². The molecule has 0 saturated heterocycles. The molecular formula is C13H13Cl2F3O3. The second-order valence-electron chi connectivity index (χ2n) is 4.47. The lowest BCUT2D eigenvalue weighted by molar-refractivity contribution is -0.173. The summed E-state index contributed by atoms with van der Waals surface area (Å²) in [7, 11) is 0. The SMILES string of the molecule is FC(F)(F)COCC(Cl)c1cc2c(cc1Cl)OCCCO2. The topological polar surface area (TPSA) is 27.7 Å². The standard InChI is InChI=1S/C13H13Cl2F3O3/c14-9-5-12-11(20-2-1-3-21-12)4-8(9)10(15)6-19-7-13(16,17)18/h4-5,10H,1-3,6-7H2. The molecule has 0 saturated carbocycles. The molecule has 21 heavy (non-hydrogen) atoms. The van der Waals surface area contributed by atoms with Gasteiger partial charge in [-0.05, 0) is 11.6 Å². The van der Waals surface area contributed by atoms with E-state index in [1.807, 2.05) is 0 Å². The molecule has 1 aromatic carbocycles. The molecular weight excluding hydrogens is 332 g/mol.